The van der Waals surface area contributed by atoms with E-state index in [-0.39, 0.29) is 6.04 Å². The van der Waals surface area contributed by atoms with Crippen molar-refractivity contribution in [2.45, 2.75) is 19.5 Å². The van der Waals surface area contributed by atoms with Crippen LogP contribution in [0.1, 0.15) is 24.1 Å². The first-order valence-corrected chi connectivity index (χ1v) is 8.15. The first-order valence-electron chi connectivity index (χ1n) is 8.15. The van der Waals surface area contributed by atoms with E-state index in [9.17, 15) is 0 Å². The summed E-state index contributed by atoms with van der Waals surface area (Å²) in [7, 11) is 3.35. The van der Waals surface area contributed by atoms with Crippen molar-refractivity contribution in [1.82, 2.24) is 5.32 Å². The predicted molar refractivity (Wildman–Crippen MR) is 98.7 cm³/mol. The van der Waals surface area contributed by atoms with Crippen LogP contribution in [0.25, 0.3) is 10.8 Å². The van der Waals surface area contributed by atoms with Crippen LogP contribution >= 0.6 is 0 Å². The molecule has 0 fully saturated rings. The molecule has 0 aliphatic rings. The van der Waals surface area contributed by atoms with Gasteiger partial charge in [0, 0.05) is 24.2 Å². The molecule has 3 nitrogen and oxygen atoms in total. The molecule has 1 atom stereocenters. The van der Waals surface area contributed by atoms with E-state index in [4.69, 9.17) is 9.47 Å². The molecule has 3 rings (SSSR count). The van der Waals surface area contributed by atoms with Gasteiger partial charge < -0.3 is 14.8 Å². The average molecular weight is 321 g/mol. The number of benzene rings is 3. The number of fused-ring (bicyclic) bond motifs is 1. The fraction of sp³-hybridized carbons (Fsp3) is 0.238. The third-order valence-corrected chi connectivity index (χ3v) is 4.38. The van der Waals surface area contributed by atoms with Crippen LogP contribution in [0.4, 0.5) is 0 Å². The Morgan fingerprint density at radius 1 is 0.917 bits per heavy atom. The molecule has 0 heterocycles. The van der Waals surface area contributed by atoms with Crippen LogP contribution in [0, 0.1) is 0 Å². The largest absolute Gasteiger partial charge is 0.497 e. The van der Waals surface area contributed by atoms with Gasteiger partial charge in [0.25, 0.3) is 0 Å². The summed E-state index contributed by atoms with van der Waals surface area (Å²) in [6, 6.07) is 21.1. The first-order chi connectivity index (χ1) is 11.7. The Balaban J connectivity index is 1.79. The Morgan fingerprint density at radius 2 is 1.71 bits per heavy atom. The van der Waals surface area contributed by atoms with Gasteiger partial charge in [-0.15, -0.1) is 0 Å². The van der Waals surface area contributed by atoms with Crippen LogP contribution in [0.15, 0.2) is 60.7 Å². The van der Waals surface area contributed by atoms with Crippen LogP contribution in [0.2, 0.25) is 0 Å². The summed E-state index contributed by atoms with van der Waals surface area (Å²) in [5.74, 6) is 1.64. The molecule has 0 unspecified atom stereocenters. The summed E-state index contributed by atoms with van der Waals surface area (Å²) in [4.78, 5) is 0. The molecule has 0 radical (unpaired) electrons. The minimum absolute atomic E-state index is 0.239. The number of nitrogens with one attached hydrogen (secondary N) is 1. The third-order valence-electron chi connectivity index (χ3n) is 4.38. The van der Waals surface area contributed by atoms with E-state index in [0.29, 0.717) is 0 Å². The molecule has 0 bridgehead atoms. The van der Waals surface area contributed by atoms with Gasteiger partial charge in [-0.2, -0.15) is 0 Å². The third kappa shape index (κ3) is 3.36. The van der Waals surface area contributed by atoms with Gasteiger partial charge in [0.1, 0.15) is 11.5 Å². The first kappa shape index (κ1) is 16.3. The zero-order chi connectivity index (χ0) is 16.9. The molecule has 0 aromatic heterocycles. The van der Waals surface area contributed by atoms with Crippen LogP contribution in [0.3, 0.4) is 0 Å². The highest BCUT2D eigenvalue weighted by molar-refractivity contribution is 5.86. The van der Waals surface area contributed by atoms with E-state index in [0.717, 1.165) is 23.6 Å². The fourth-order valence-corrected chi connectivity index (χ4v) is 3.00. The van der Waals surface area contributed by atoms with Gasteiger partial charge in [0.2, 0.25) is 0 Å². The monoisotopic (exact) mass is 321 g/mol. The summed E-state index contributed by atoms with van der Waals surface area (Å²) < 4.78 is 10.7. The van der Waals surface area contributed by atoms with Crippen molar-refractivity contribution in [3.8, 4) is 11.5 Å². The quantitative estimate of drug-likeness (QED) is 0.713. The number of hydrogen-bond acceptors (Lipinski definition) is 3. The van der Waals surface area contributed by atoms with Crippen molar-refractivity contribution < 1.29 is 9.47 Å². The molecule has 0 aliphatic carbocycles. The van der Waals surface area contributed by atoms with Crippen LogP contribution in [-0.2, 0) is 6.54 Å². The Labute approximate surface area is 143 Å². The van der Waals surface area contributed by atoms with E-state index in [2.05, 4.69) is 54.7 Å². The van der Waals surface area contributed by atoms with Gasteiger partial charge in [-0.3, -0.25) is 0 Å². The molecule has 124 valence electrons. The summed E-state index contributed by atoms with van der Waals surface area (Å²) >= 11 is 0. The summed E-state index contributed by atoms with van der Waals surface area (Å²) in [5, 5.41) is 6.16. The highest BCUT2D eigenvalue weighted by Crippen LogP contribution is 2.27. The van der Waals surface area contributed by atoms with Gasteiger partial charge in [-0.25, -0.2) is 0 Å². The molecule has 0 spiro atoms. The molecule has 3 heteroatoms. The van der Waals surface area contributed by atoms with Crippen molar-refractivity contribution in [3.05, 3.63) is 71.8 Å². The Morgan fingerprint density at radius 3 is 2.50 bits per heavy atom. The van der Waals surface area contributed by atoms with Crippen molar-refractivity contribution in [3.63, 3.8) is 0 Å². The minimum atomic E-state index is 0.239. The van der Waals surface area contributed by atoms with Gasteiger partial charge in [-0.05, 0) is 29.3 Å². The lowest BCUT2D eigenvalue weighted by Crippen LogP contribution is -2.18. The maximum absolute atomic E-state index is 5.48. The summed E-state index contributed by atoms with van der Waals surface area (Å²) in [6.45, 7) is 2.93. The Kier molecular flexibility index (Phi) is 5.02. The average Bonchev–Trinajstić information content (AvgIpc) is 2.65. The van der Waals surface area contributed by atoms with E-state index < -0.39 is 0 Å². The minimum Gasteiger partial charge on any atom is -0.497 e. The van der Waals surface area contributed by atoms with E-state index in [1.165, 1.54) is 16.3 Å². The molecule has 0 amide bonds. The smallest absolute Gasteiger partial charge is 0.127 e. The maximum Gasteiger partial charge on any atom is 0.127 e. The van der Waals surface area contributed by atoms with E-state index >= 15 is 0 Å². The molecule has 1 N–H and O–H groups in total. The van der Waals surface area contributed by atoms with Crippen molar-refractivity contribution in [1.29, 1.82) is 0 Å². The van der Waals surface area contributed by atoms with Gasteiger partial charge in [-0.1, -0.05) is 48.5 Å². The molecule has 0 aliphatic heterocycles. The second-order valence-corrected chi connectivity index (χ2v) is 5.85. The van der Waals surface area contributed by atoms with Gasteiger partial charge >= 0.3 is 0 Å². The molecule has 24 heavy (non-hydrogen) atoms. The van der Waals surface area contributed by atoms with Crippen LogP contribution < -0.4 is 14.8 Å². The topological polar surface area (TPSA) is 30.5 Å². The lowest BCUT2D eigenvalue weighted by Gasteiger charge is -2.18. The zero-order valence-electron chi connectivity index (χ0n) is 14.4. The van der Waals surface area contributed by atoms with Gasteiger partial charge in [0.05, 0.1) is 14.2 Å². The number of methoxy groups -OCH3 is 2. The number of ether oxygens (including phenoxy) is 2. The number of hydrogen-bond donors (Lipinski definition) is 1. The lowest BCUT2D eigenvalue weighted by atomic mass is 9.99. The lowest BCUT2D eigenvalue weighted by molar-refractivity contribution is 0.389. The van der Waals surface area contributed by atoms with Crippen LogP contribution in [0.5, 0.6) is 11.5 Å². The molecular formula is C21H23NO2. The van der Waals surface area contributed by atoms with E-state index in [1.807, 2.05) is 18.2 Å². The molecule has 0 saturated carbocycles. The van der Waals surface area contributed by atoms with Crippen LogP contribution in [-0.4, -0.2) is 14.2 Å². The zero-order valence-corrected chi connectivity index (χ0v) is 14.4. The van der Waals surface area contributed by atoms with Crippen molar-refractivity contribution >= 4 is 10.8 Å². The summed E-state index contributed by atoms with van der Waals surface area (Å²) in [5.41, 5.74) is 2.42. The van der Waals surface area contributed by atoms with Gasteiger partial charge in [0.15, 0.2) is 0 Å². The fourth-order valence-electron chi connectivity index (χ4n) is 3.00. The SMILES string of the molecule is COc1ccc(CN[C@@H](C)c2cccc3ccccc23)c(OC)c1. The Hall–Kier alpha value is -2.52. The molecule has 0 saturated heterocycles. The molecular weight excluding hydrogens is 298 g/mol. The molecule has 3 aromatic rings. The second kappa shape index (κ2) is 7.37. The summed E-state index contributed by atoms with van der Waals surface area (Å²) in [6.07, 6.45) is 0. The second-order valence-electron chi connectivity index (χ2n) is 5.85. The highest BCUT2D eigenvalue weighted by Gasteiger charge is 2.11. The highest BCUT2D eigenvalue weighted by atomic mass is 16.5. The maximum atomic E-state index is 5.48. The van der Waals surface area contributed by atoms with Crippen molar-refractivity contribution in [2.75, 3.05) is 14.2 Å². The van der Waals surface area contributed by atoms with E-state index in [1.54, 1.807) is 14.2 Å². The predicted octanol–water partition coefficient (Wildman–Crippen LogP) is 4.71. The molecule has 3 aromatic carbocycles. The number of rotatable bonds is 6. The standard InChI is InChI=1S/C21H23NO2/c1-15(19-10-6-8-16-7-4-5-9-20(16)19)22-14-17-11-12-18(23-2)13-21(17)24-3/h4-13,15,22H,14H2,1-3H3/t15-/m0/s1. The Bertz CT molecular complexity index is 824. The normalized spacial score (nSPS) is 12.1. The van der Waals surface area contributed by atoms with Crippen molar-refractivity contribution in [2.24, 2.45) is 0 Å².